The van der Waals surface area contributed by atoms with Gasteiger partial charge in [-0.15, -0.1) is 0 Å². The molecule has 3 heterocycles. The molecule has 35 heavy (non-hydrogen) atoms. The number of pyridine rings is 2. The molecule has 11 heteroatoms. The Hall–Kier alpha value is -3.44. The molecule has 8 nitrogen and oxygen atoms in total. The lowest BCUT2D eigenvalue weighted by Crippen LogP contribution is -2.37. The quantitative estimate of drug-likeness (QED) is 0.506. The van der Waals surface area contributed by atoms with Gasteiger partial charge in [0.25, 0.3) is 5.91 Å². The van der Waals surface area contributed by atoms with Gasteiger partial charge in [0.05, 0.1) is 17.6 Å². The third-order valence-electron chi connectivity index (χ3n) is 6.57. The van der Waals surface area contributed by atoms with Crippen molar-refractivity contribution in [2.24, 2.45) is 5.92 Å². The van der Waals surface area contributed by atoms with Crippen molar-refractivity contribution in [1.29, 1.82) is 0 Å². The first kappa shape index (κ1) is 23.3. The third-order valence-corrected chi connectivity index (χ3v) is 6.57. The second-order valence-electron chi connectivity index (χ2n) is 9.14. The molecule has 1 aliphatic heterocycles. The Labute approximate surface area is 197 Å². The van der Waals surface area contributed by atoms with E-state index in [1.54, 1.807) is 4.90 Å². The maximum Gasteiger partial charge on any atom is 0.257 e. The minimum atomic E-state index is -1.25. The number of benzene rings is 1. The molecule has 3 aromatic rings. The zero-order chi connectivity index (χ0) is 25.0. The van der Waals surface area contributed by atoms with Crippen molar-refractivity contribution in [2.45, 2.75) is 38.0 Å². The molecular weight excluding hydrogens is 465 g/mol. The zero-order valence-electron chi connectivity index (χ0n) is 18.7. The Morgan fingerprint density at radius 2 is 1.74 bits per heavy atom. The normalized spacial score (nSPS) is 20.9. The van der Waals surface area contributed by atoms with Crippen molar-refractivity contribution in [3.8, 4) is 5.69 Å². The Kier molecular flexibility index (Phi) is 5.76. The molecule has 2 aromatic heterocycles. The molecule has 1 aromatic carbocycles. The highest BCUT2D eigenvalue weighted by Crippen LogP contribution is 2.32. The summed E-state index contributed by atoms with van der Waals surface area (Å²) in [4.78, 5) is 32.1. The molecule has 1 aliphatic carbocycles. The van der Waals surface area contributed by atoms with Gasteiger partial charge in [0.15, 0.2) is 17.3 Å². The zero-order valence-corrected chi connectivity index (χ0v) is 18.7. The Morgan fingerprint density at radius 1 is 1.11 bits per heavy atom. The van der Waals surface area contributed by atoms with Gasteiger partial charge in [-0.1, -0.05) is 0 Å². The monoisotopic (exact) mass is 488 g/mol. The number of β-amino-alcohol motifs (C(OH)–C–C–N with tert-alkyl or cyclic N) is 2. The molecule has 2 aliphatic rings. The summed E-state index contributed by atoms with van der Waals surface area (Å²) < 4.78 is 44.1. The minimum absolute atomic E-state index is 0.0583. The Bertz CT molecular complexity index is 1360. The molecular formula is C24H23F3N4O4. The van der Waals surface area contributed by atoms with Gasteiger partial charge in [-0.3, -0.25) is 14.2 Å². The van der Waals surface area contributed by atoms with Gasteiger partial charge in [0.1, 0.15) is 22.9 Å². The fraction of sp³-hybridized carbons (Fsp3) is 0.375. The van der Waals surface area contributed by atoms with Crippen LogP contribution in [0, 0.1) is 23.4 Å². The second kappa shape index (κ2) is 8.65. The van der Waals surface area contributed by atoms with Crippen LogP contribution < -0.4 is 15.6 Å². The number of nitrogens with zero attached hydrogens (tertiary/aromatic N) is 3. The van der Waals surface area contributed by atoms with Gasteiger partial charge < -0.3 is 20.4 Å². The van der Waals surface area contributed by atoms with Gasteiger partial charge in [-0.25, -0.2) is 18.2 Å². The summed E-state index contributed by atoms with van der Waals surface area (Å²) in [7, 11) is 0. The fourth-order valence-corrected chi connectivity index (χ4v) is 4.42. The van der Waals surface area contributed by atoms with E-state index in [0.717, 1.165) is 23.6 Å². The maximum atomic E-state index is 14.8. The fourth-order valence-electron chi connectivity index (χ4n) is 4.42. The summed E-state index contributed by atoms with van der Waals surface area (Å²) in [6.07, 6.45) is 0.899. The molecule has 1 saturated heterocycles. The molecule has 0 unspecified atom stereocenters. The van der Waals surface area contributed by atoms with Crippen LogP contribution in [0.15, 0.2) is 35.3 Å². The summed E-state index contributed by atoms with van der Waals surface area (Å²) in [5.41, 5.74) is -1.89. The SMILES string of the molecule is C[C@@H](NC(=O)c1cn(-c2c(F)cc(F)cc2F)c2nc(N3C[C@@H](O)[C@H](O)C3)ccc2c1=O)C1CC1. The lowest BCUT2D eigenvalue weighted by atomic mass is 10.1. The van der Waals surface area contributed by atoms with Crippen molar-refractivity contribution < 1.29 is 28.2 Å². The lowest BCUT2D eigenvalue weighted by molar-refractivity contribution is 0.0572. The Balaban J connectivity index is 1.70. The Morgan fingerprint density at radius 3 is 2.34 bits per heavy atom. The molecule has 3 N–H and O–H groups in total. The number of aliphatic hydroxyl groups excluding tert-OH is 2. The van der Waals surface area contributed by atoms with Crippen molar-refractivity contribution in [3.05, 3.63) is 63.7 Å². The van der Waals surface area contributed by atoms with Gasteiger partial charge in [0.2, 0.25) is 5.43 Å². The summed E-state index contributed by atoms with van der Waals surface area (Å²) in [6, 6.07) is 3.64. The van der Waals surface area contributed by atoms with Crippen LogP contribution >= 0.6 is 0 Å². The number of carbonyl (C=O) groups is 1. The van der Waals surface area contributed by atoms with E-state index in [2.05, 4.69) is 10.3 Å². The summed E-state index contributed by atoms with van der Waals surface area (Å²) in [6.45, 7) is 1.94. The average Bonchev–Trinajstić information content (AvgIpc) is 3.59. The van der Waals surface area contributed by atoms with Crippen LogP contribution in [-0.4, -0.2) is 57.0 Å². The number of fused-ring (bicyclic) bond motifs is 1. The van der Waals surface area contributed by atoms with E-state index < -0.39 is 46.7 Å². The van der Waals surface area contributed by atoms with Gasteiger partial charge in [-0.2, -0.15) is 0 Å². The molecule has 3 atom stereocenters. The van der Waals surface area contributed by atoms with Crippen LogP contribution in [0.5, 0.6) is 0 Å². The number of rotatable bonds is 5. The largest absolute Gasteiger partial charge is 0.389 e. The highest BCUT2D eigenvalue weighted by Gasteiger charge is 2.32. The standard InChI is InChI=1S/C24H23F3N4O4/c1-11(12-2-3-12)28-24(35)15-8-31(21-16(26)6-13(25)7-17(21)27)23-14(22(15)34)4-5-20(29-23)30-9-18(32)19(33)10-30/h4-8,11-12,18-19,32-33H,2-3,9-10H2,1H3,(H,28,35)/t11-,18-,19-/m1/s1. The first-order valence-corrected chi connectivity index (χ1v) is 11.3. The van der Waals surface area contributed by atoms with Crippen LogP contribution in [0.25, 0.3) is 16.7 Å². The first-order valence-electron chi connectivity index (χ1n) is 11.3. The highest BCUT2D eigenvalue weighted by molar-refractivity contribution is 5.97. The van der Waals surface area contributed by atoms with Crippen LogP contribution in [0.2, 0.25) is 0 Å². The number of nitrogens with one attached hydrogen (secondary N) is 1. The van der Waals surface area contributed by atoms with Crippen LogP contribution in [0.4, 0.5) is 19.0 Å². The van der Waals surface area contributed by atoms with Gasteiger partial charge >= 0.3 is 0 Å². The topological polar surface area (TPSA) is 108 Å². The van der Waals surface area contributed by atoms with Gasteiger partial charge in [0, 0.05) is 37.5 Å². The maximum absolute atomic E-state index is 14.8. The first-order chi connectivity index (χ1) is 16.6. The number of carbonyl (C=O) groups excluding carboxylic acids is 1. The number of hydrogen-bond donors (Lipinski definition) is 3. The number of aliphatic hydroxyl groups is 2. The predicted octanol–water partition coefficient (Wildman–Crippen LogP) is 1.87. The van der Waals surface area contributed by atoms with E-state index in [4.69, 9.17) is 0 Å². The number of hydrogen-bond acceptors (Lipinski definition) is 6. The number of anilines is 1. The summed E-state index contributed by atoms with van der Waals surface area (Å²) in [5, 5.41) is 22.4. The van der Waals surface area contributed by atoms with Crippen LogP contribution in [-0.2, 0) is 0 Å². The van der Waals surface area contributed by atoms with E-state index in [-0.39, 0.29) is 41.5 Å². The number of aromatic nitrogens is 2. The van der Waals surface area contributed by atoms with E-state index in [1.165, 1.54) is 12.1 Å². The van der Waals surface area contributed by atoms with Crippen molar-refractivity contribution in [1.82, 2.24) is 14.9 Å². The molecule has 2 fully saturated rings. The second-order valence-corrected chi connectivity index (χ2v) is 9.14. The molecule has 0 radical (unpaired) electrons. The summed E-state index contributed by atoms with van der Waals surface area (Å²) >= 11 is 0. The molecule has 1 saturated carbocycles. The molecule has 0 bridgehead atoms. The van der Waals surface area contributed by atoms with E-state index in [0.29, 0.717) is 18.1 Å². The van der Waals surface area contributed by atoms with E-state index in [1.807, 2.05) is 6.92 Å². The smallest absolute Gasteiger partial charge is 0.257 e. The minimum Gasteiger partial charge on any atom is -0.389 e. The highest BCUT2D eigenvalue weighted by atomic mass is 19.1. The van der Waals surface area contributed by atoms with Crippen LogP contribution in [0.1, 0.15) is 30.1 Å². The van der Waals surface area contributed by atoms with Crippen molar-refractivity contribution >= 4 is 22.8 Å². The average molecular weight is 488 g/mol. The molecule has 1 amide bonds. The molecule has 184 valence electrons. The predicted molar refractivity (Wildman–Crippen MR) is 121 cm³/mol. The molecule has 0 spiro atoms. The van der Waals surface area contributed by atoms with E-state index in [9.17, 15) is 33.0 Å². The molecule has 5 rings (SSSR count). The van der Waals surface area contributed by atoms with E-state index >= 15 is 0 Å². The summed E-state index contributed by atoms with van der Waals surface area (Å²) in [5.74, 6) is -3.76. The van der Waals surface area contributed by atoms with Crippen molar-refractivity contribution in [2.75, 3.05) is 18.0 Å². The lowest BCUT2D eigenvalue weighted by Gasteiger charge is -2.20. The third kappa shape index (κ3) is 4.25. The number of amides is 1. The number of halogens is 3. The van der Waals surface area contributed by atoms with Gasteiger partial charge in [-0.05, 0) is 37.8 Å². The van der Waals surface area contributed by atoms with Crippen molar-refractivity contribution in [3.63, 3.8) is 0 Å². The van der Waals surface area contributed by atoms with Crippen LogP contribution in [0.3, 0.4) is 0 Å².